The fourth-order valence-electron chi connectivity index (χ4n) is 3.11. The maximum Gasteiger partial charge on any atom is 0.122 e. The van der Waals surface area contributed by atoms with Crippen molar-refractivity contribution in [1.29, 1.82) is 0 Å². The number of hydrogen-bond acceptors (Lipinski definition) is 4. The Morgan fingerprint density at radius 2 is 2.00 bits per heavy atom. The van der Waals surface area contributed by atoms with Gasteiger partial charge in [-0.2, -0.15) is 0 Å². The van der Waals surface area contributed by atoms with Gasteiger partial charge in [-0.15, -0.1) is 0 Å². The van der Waals surface area contributed by atoms with Crippen LogP contribution in [0.25, 0.3) is 0 Å². The van der Waals surface area contributed by atoms with E-state index < -0.39 is 0 Å². The standard InChI is InChI=1S/C17H31N3O/c1-14(2)18-11-15-7-10-21-16(15)12-20(5)13-17(19(3)4)8-6-9-17/h7,10,14,18H,6,8-9,11-13H2,1-5H3. The normalized spacial score (nSPS) is 17.7. The SMILES string of the molecule is CC(C)NCc1ccoc1CN(C)CC1(N(C)C)CCC1. The summed E-state index contributed by atoms with van der Waals surface area (Å²) in [6.45, 7) is 7.22. The van der Waals surface area contributed by atoms with Gasteiger partial charge in [-0.3, -0.25) is 4.90 Å². The second-order valence-electron chi connectivity index (χ2n) is 7.05. The van der Waals surface area contributed by atoms with Crippen LogP contribution >= 0.6 is 0 Å². The molecule has 0 atom stereocenters. The molecule has 1 saturated carbocycles. The summed E-state index contributed by atoms with van der Waals surface area (Å²) in [6.07, 6.45) is 5.79. The maximum absolute atomic E-state index is 5.70. The first-order valence-corrected chi connectivity index (χ1v) is 8.07. The molecule has 0 aliphatic heterocycles. The number of hydrogen-bond donors (Lipinski definition) is 1. The molecule has 120 valence electrons. The van der Waals surface area contributed by atoms with E-state index in [1.807, 2.05) is 6.26 Å². The van der Waals surface area contributed by atoms with Crippen molar-refractivity contribution in [2.75, 3.05) is 27.7 Å². The van der Waals surface area contributed by atoms with Crippen molar-refractivity contribution >= 4 is 0 Å². The summed E-state index contributed by atoms with van der Waals surface area (Å²) < 4.78 is 5.70. The molecule has 0 bridgehead atoms. The summed E-state index contributed by atoms with van der Waals surface area (Å²) in [5.74, 6) is 1.10. The van der Waals surface area contributed by atoms with E-state index in [-0.39, 0.29) is 0 Å². The summed E-state index contributed by atoms with van der Waals surface area (Å²) in [6, 6.07) is 2.58. The van der Waals surface area contributed by atoms with Crippen LogP contribution in [0.2, 0.25) is 0 Å². The van der Waals surface area contributed by atoms with E-state index in [9.17, 15) is 0 Å². The Bertz CT molecular complexity index is 435. The topological polar surface area (TPSA) is 31.7 Å². The van der Waals surface area contributed by atoms with Gasteiger partial charge in [0.1, 0.15) is 5.76 Å². The first kappa shape index (κ1) is 16.5. The third kappa shape index (κ3) is 4.09. The Kier molecular flexibility index (Phi) is 5.47. The molecule has 0 radical (unpaired) electrons. The van der Waals surface area contributed by atoms with Crippen molar-refractivity contribution < 1.29 is 4.42 Å². The van der Waals surface area contributed by atoms with Crippen molar-refractivity contribution in [3.8, 4) is 0 Å². The molecule has 0 aromatic carbocycles. The summed E-state index contributed by atoms with van der Waals surface area (Å²) in [7, 11) is 6.61. The van der Waals surface area contributed by atoms with Gasteiger partial charge in [0.2, 0.25) is 0 Å². The number of rotatable bonds is 8. The van der Waals surface area contributed by atoms with Crippen molar-refractivity contribution in [2.24, 2.45) is 0 Å². The molecule has 1 aromatic rings. The smallest absolute Gasteiger partial charge is 0.122 e. The molecule has 0 spiro atoms. The van der Waals surface area contributed by atoms with E-state index >= 15 is 0 Å². The lowest BCUT2D eigenvalue weighted by molar-refractivity contribution is 0.0243. The highest BCUT2D eigenvalue weighted by Gasteiger charge is 2.39. The molecule has 0 saturated heterocycles. The van der Waals surface area contributed by atoms with Crippen LogP contribution in [-0.4, -0.2) is 49.1 Å². The van der Waals surface area contributed by atoms with Gasteiger partial charge in [0, 0.05) is 30.2 Å². The average molecular weight is 293 g/mol. The van der Waals surface area contributed by atoms with Crippen molar-refractivity contribution in [1.82, 2.24) is 15.1 Å². The first-order valence-electron chi connectivity index (χ1n) is 8.07. The largest absolute Gasteiger partial charge is 0.468 e. The summed E-state index contributed by atoms with van der Waals surface area (Å²) in [4.78, 5) is 4.80. The van der Waals surface area contributed by atoms with Crippen LogP contribution in [-0.2, 0) is 13.1 Å². The van der Waals surface area contributed by atoms with Crippen LogP contribution in [0, 0.1) is 0 Å². The van der Waals surface area contributed by atoms with Crippen LogP contribution in [0.3, 0.4) is 0 Å². The van der Waals surface area contributed by atoms with Crippen molar-refractivity contribution in [3.05, 3.63) is 23.7 Å². The minimum absolute atomic E-state index is 0.373. The van der Waals surface area contributed by atoms with Crippen LogP contribution in [0.5, 0.6) is 0 Å². The molecule has 21 heavy (non-hydrogen) atoms. The van der Waals surface area contributed by atoms with Crippen LogP contribution in [0.1, 0.15) is 44.4 Å². The van der Waals surface area contributed by atoms with Gasteiger partial charge >= 0.3 is 0 Å². The first-order chi connectivity index (χ1) is 9.93. The minimum atomic E-state index is 0.373. The highest BCUT2D eigenvalue weighted by atomic mass is 16.3. The van der Waals surface area contributed by atoms with E-state index in [0.29, 0.717) is 11.6 Å². The van der Waals surface area contributed by atoms with Gasteiger partial charge in [-0.05, 0) is 46.5 Å². The second-order valence-corrected chi connectivity index (χ2v) is 7.05. The van der Waals surface area contributed by atoms with E-state index in [4.69, 9.17) is 4.42 Å². The zero-order valence-electron chi connectivity index (χ0n) is 14.3. The second kappa shape index (κ2) is 6.95. The van der Waals surface area contributed by atoms with E-state index in [1.165, 1.54) is 24.8 Å². The Labute approximate surface area is 129 Å². The zero-order chi connectivity index (χ0) is 15.5. The Morgan fingerprint density at radius 3 is 2.52 bits per heavy atom. The third-order valence-corrected chi connectivity index (χ3v) is 4.75. The van der Waals surface area contributed by atoms with Crippen LogP contribution in [0.4, 0.5) is 0 Å². The molecule has 0 amide bonds. The number of nitrogens with zero attached hydrogens (tertiary/aromatic N) is 2. The van der Waals surface area contributed by atoms with Crippen LogP contribution in [0.15, 0.2) is 16.7 Å². The molecule has 1 heterocycles. The molecule has 1 fully saturated rings. The highest BCUT2D eigenvalue weighted by molar-refractivity contribution is 5.17. The Balaban J connectivity index is 1.91. The van der Waals surface area contributed by atoms with Gasteiger partial charge in [0.25, 0.3) is 0 Å². The van der Waals surface area contributed by atoms with E-state index in [0.717, 1.165) is 25.4 Å². The molecule has 0 unspecified atom stereocenters. The van der Waals surface area contributed by atoms with E-state index in [2.05, 4.69) is 56.2 Å². The number of likely N-dealkylation sites (N-methyl/N-ethyl adjacent to an activating group) is 2. The maximum atomic E-state index is 5.70. The Hall–Kier alpha value is -0.840. The molecule has 1 aliphatic carbocycles. The highest BCUT2D eigenvalue weighted by Crippen LogP contribution is 2.36. The zero-order valence-corrected chi connectivity index (χ0v) is 14.3. The predicted molar refractivity (Wildman–Crippen MR) is 87.3 cm³/mol. The summed E-state index contributed by atoms with van der Waals surface area (Å²) in [5.41, 5.74) is 1.65. The summed E-state index contributed by atoms with van der Waals surface area (Å²) >= 11 is 0. The minimum Gasteiger partial charge on any atom is -0.468 e. The number of furan rings is 1. The molecule has 1 aromatic heterocycles. The van der Waals surface area contributed by atoms with Gasteiger partial charge < -0.3 is 14.6 Å². The lowest BCUT2D eigenvalue weighted by Crippen LogP contribution is -2.56. The molecular weight excluding hydrogens is 262 g/mol. The molecule has 4 heteroatoms. The Morgan fingerprint density at radius 1 is 1.29 bits per heavy atom. The number of nitrogens with one attached hydrogen (secondary N) is 1. The lowest BCUT2D eigenvalue weighted by Gasteiger charge is -2.49. The average Bonchev–Trinajstić information content (AvgIpc) is 2.78. The van der Waals surface area contributed by atoms with E-state index in [1.54, 1.807) is 0 Å². The van der Waals surface area contributed by atoms with Gasteiger partial charge in [-0.25, -0.2) is 0 Å². The molecule has 4 nitrogen and oxygen atoms in total. The fraction of sp³-hybridized carbons (Fsp3) is 0.765. The molecule has 1 aliphatic rings. The van der Waals surface area contributed by atoms with Crippen LogP contribution < -0.4 is 5.32 Å². The van der Waals surface area contributed by atoms with Gasteiger partial charge in [-0.1, -0.05) is 13.8 Å². The molecule has 1 N–H and O–H groups in total. The monoisotopic (exact) mass is 293 g/mol. The molecular formula is C17H31N3O. The summed E-state index contributed by atoms with van der Waals surface area (Å²) in [5, 5.41) is 3.46. The van der Waals surface area contributed by atoms with Crippen molar-refractivity contribution in [3.63, 3.8) is 0 Å². The molecule has 2 rings (SSSR count). The van der Waals surface area contributed by atoms with Gasteiger partial charge in [0.05, 0.1) is 12.8 Å². The fourth-order valence-corrected chi connectivity index (χ4v) is 3.11. The van der Waals surface area contributed by atoms with Gasteiger partial charge in [0.15, 0.2) is 0 Å². The quantitative estimate of drug-likeness (QED) is 0.798. The third-order valence-electron chi connectivity index (χ3n) is 4.75. The van der Waals surface area contributed by atoms with Crippen molar-refractivity contribution in [2.45, 2.75) is 57.8 Å². The lowest BCUT2D eigenvalue weighted by atomic mass is 9.75. The predicted octanol–water partition coefficient (Wildman–Crippen LogP) is 2.69.